The van der Waals surface area contributed by atoms with Gasteiger partial charge in [0.15, 0.2) is 0 Å². The van der Waals surface area contributed by atoms with E-state index in [9.17, 15) is 0 Å². The second kappa shape index (κ2) is 29.6. The van der Waals surface area contributed by atoms with Crippen molar-refractivity contribution in [3.63, 3.8) is 0 Å². The van der Waals surface area contributed by atoms with Gasteiger partial charge >= 0.3 is 0 Å². The summed E-state index contributed by atoms with van der Waals surface area (Å²) in [5.74, 6) is 0. The van der Waals surface area contributed by atoms with Crippen LogP contribution in [0, 0.1) is 0 Å². The Labute approximate surface area is 693 Å². The topological polar surface area (TPSA) is 0 Å². The molecule has 556 valence electrons. The van der Waals surface area contributed by atoms with E-state index < -0.39 is 16.1 Å². The van der Waals surface area contributed by atoms with Gasteiger partial charge in [-0.25, -0.2) is 0 Å². The molecule has 20 aromatic carbocycles. The minimum absolute atomic E-state index is 1.23. The van der Waals surface area contributed by atoms with E-state index in [0.29, 0.717) is 0 Å². The van der Waals surface area contributed by atoms with Crippen molar-refractivity contribution in [1.82, 2.24) is 0 Å². The van der Waals surface area contributed by atoms with Crippen LogP contribution in [0.2, 0.25) is 26.2 Å². The van der Waals surface area contributed by atoms with Gasteiger partial charge < -0.3 is 0 Å². The second-order valence-electron chi connectivity index (χ2n) is 32.9. The van der Waals surface area contributed by atoms with E-state index in [1.807, 2.05) is 0 Å². The van der Waals surface area contributed by atoms with Crippen molar-refractivity contribution in [3.05, 3.63) is 437 Å². The molecule has 0 N–H and O–H groups in total. The molecule has 0 amide bonds. The fourth-order valence-corrected chi connectivity index (χ4v) is 25.5. The van der Waals surface area contributed by atoms with Crippen LogP contribution in [0.15, 0.2) is 437 Å². The lowest BCUT2D eigenvalue weighted by Gasteiger charge is -2.23. The molecular formula is C116H84Si2. The summed E-state index contributed by atoms with van der Waals surface area (Å²) in [6.07, 6.45) is 0. The molecule has 0 unspecified atom stereocenters. The number of hydrogen-bond donors (Lipinski definition) is 0. The average molecular weight is 1530 g/mol. The van der Waals surface area contributed by atoms with Gasteiger partial charge in [-0.15, -0.1) is 0 Å². The first-order valence-electron chi connectivity index (χ1n) is 41.3. The Morgan fingerprint density at radius 3 is 0.669 bits per heavy atom. The van der Waals surface area contributed by atoms with Crippen LogP contribution in [-0.4, -0.2) is 16.1 Å². The van der Waals surface area contributed by atoms with Gasteiger partial charge in [0.1, 0.15) is 16.1 Å². The van der Waals surface area contributed by atoms with Crippen molar-refractivity contribution >= 4 is 80.0 Å². The molecule has 0 nitrogen and oxygen atoms in total. The zero-order chi connectivity index (χ0) is 79.0. The van der Waals surface area contributed by atoms with E-state index in [2.05, 4.69) is 463 Å². The van der Waals surface area contributed by atoms with Gasteiger partial charge in [-0.3, -0.25) is 0 Å². The maximum atomic E-state index is 2.60. The summed E-state index contributed by atoms with van der Waals surface area (Å²) in [5, 5.41) is 16.4. The first-order valence-corrected chi connectivity index (χ1v) is 47.3. The first kappa shape index (κ1) is 71.6. The molecule has 0 radical (unpaired) electrons. The van der Waals surface area contributed by atoms with Gasteiger partial charge in [-0.1, -0.05) is 445 Å². The molecule has 0 fully saturated rings. The van der Waals surface area contributed by atoms with Crippen molar-refractivity contribution in [2.75, 3.05) is 0 Å². The summed E-state index contributed by atoms with van der Waals surface area (Å²) in [5.41, 5.74) is 35.6. The Morgan fingerprint density at radius 2 is 0.331 bits per heavy atom. The third-order valence-corrected chi connectivity index (χ3v) is 32.4. The van der Waals surface area contributed by atoms with Gasteiger partial charge in [0.2, 0.25) is 0 Å². The van der Waals surface area contributed by atoms with Crippen LogP contribution >= 0.6 is 0 Å². The van der Waals surface area contributed by atoms with E-state index in [1.54, 1.807) is 0 Å². The zero-order valence-corrected chi connectivity index (χ0v) is 68.6. The van der Waals surface area contributed by atoms with Crippen LogP contribution in [0.4, 0.5) is 0 Å². The van der Waals surface area contributed by atoms with Crippen LogP contribution in [0.25, 0.3) is 199 Å². The monoisotopic (exact) mass is 1530 g/mol. The number of hydrogen-bond acceptors (Lipinski definition) is 0. The Balaban J connectivity index is 0.000000147. The summed E-state index contributed by atoms with van der Waals surface area (Å²) in [6, 6.07) is 162. The quantitative estimate of drug-likeness (QED) is 0.0845. The predicted molar refractivity (Wildman–Crippen MR) is 513 cm³/mol. The molecule has 0 saturated heterocycles. The number of rotatable bonds is 12. The zero-order valence-electron chi connectivity index (χ0n) is 66.6. The molecule has 2 aliphatic heterocycles. The van der Waals surface area contributed by atoms with Crippen LogP contribution in [-0.2, 0) is 0 Å². The first-order chi connectivity index (χ1) is 58.0. The van der Waals surface area contributed by atoms with Crippen LogP contribution in [0.5, 0.6) is 0 Å². The SMILES string of the molecule is C[Si]1(C)c2cc(-c3cccc(-c4ccccc4)c3)ccc2-c2cc3c(-c4ccc(-c5ccccc5)cc4)c4ccccc4c(-c4ccc(-c5ccccc5)cc4)c3cc21.C[Si]1(C)c2cc(-c3ccccc3-c3ccccc3)ccc2-c2cc3c(-c4ccc(-c5ccccc5)cc4)c4ccccc4c(-c4ccc(-c5ccccc5)cc4)c3cc21. The molecule has 0 bridgehead atoms. The molecule has 0 atom stereocenters. The van der Waals surface area contributed by atoms with E-state index in [0.717, 1.165) is 0 Å². The lowest BCUT2D eigenvalue weighted by atomic mass is 9.84. The molecule has 22 rings (SSSR count). The fourth-order valence-electron chi connectivity index (χ4n) is 19.4. The number of benzene rings is 20. The van der Waals surface area contributed by atoms with Crippen molar-refractivity contribution in [2.45, 2.75) is 26.2 Å². The Bertz CT molecular complexity index is 7240. The lowest BCUT2D eigenvalue weighted by Crippen LogP contribution is -2.49. The summed E-state index contributed by atoms with van der Waals surface area (Å²) < 4.78 is 0. The summed E-state index contributed by atoms with van der Waals surface area (Å²) in [6.45, 7) is 10.2. The molecule has 0 aliphatic carbocycles. The summed E-state index contributed by atoms with van der Waals surface area (Å²) in [7, 11) is -4.27. The Kier molecular flexibility index (Phi) is 18.0. The highest BCUT2D eigenvalue weighted by molar-refractivity contribution is 7.04. The van der Waals surface area contributed by atoms with E-state index in [-0.39, 0.29) is 0 Å². The van der Waals surface area contributed by atoms with E-state index in [1.165, 1.54) is 220 Å². The standard InChI is InChI=1S/2C58H42Si/c1-59(2)55-36-46(48-23-13-12-22-47(48)43-20-10-5-11-21-43)34-35-49(55)52-37-53-54(38-56(52)59)58(45-32-28-42(29-33-45)40-18-8-4-9-19-40)51-25-15-14-24-50(51)57(53)44-30-26-41(27-31-44)39-16-6-3-7-17-39;1-59(2)55-36-48(47-22-14-21-46(35-47)41-19-10-5-11-20-41)33-34-49(55)52-37-53-54(38-56(52)59)58(45-31-27-43(28-32-45)40-17-8-4-9-18-40)51-24-13-12-23-50(51)57(53)44-29-25-42(26-30-44)39-15-6-3-7-16-39/h2*3-38H,1-2H3. The van der Waals surface area contributed by atoms with Gasteiger partial charge in [0.25, 0.3) is 0 Å². The minimum atomic E-state index is -2.15. The highest BCUT2D eigenvalue weighted by atomic mass is 28.3. The minimum Gasteiger partial charge on any atom is -0.0622 e. The van der Waals surface area contributed by atoms with Crippen LogP contribution in [0.1, 0.15) is 0 Å². The van der Waals surface area contributed by atoms with Crippen molar-refractivity contribution in [3.8, 4) is 156 Å². The summed E-state index contributed by atoms with van der Waals surface area (Å²) >= 11 is 0. The molecule has 2 heteroatoms. The normalized spacial score (nSPS) is 12.7. The Hall–Kier alpha value is -14.1. The van der Waals surface area contributed by atoms with Gasteiger partial charge in [0.05, 0.1) is 0 Å². The van der Waals surface area contributed by atoms with Gasteiger partial charge in [-0.2, -0.15) is 0 Å². The fraction of sp³-hybridized carbons (Fsp3) is 0.0345. The molecule has 118 heavy (non-hydrogen) atoms. The molecule has 0 saturated carbocycles. The molecule has 2 heterocycles. The predicted octanol–water partition coefficient (Wildman–Crippen LogP) is 29.6. The molecule has 0 spiro atoms. The highest BCUT2D eigenvalue weighted by Crippen LogP contribution is 2.50. The lowest BCUT2D eigenvalue weighted by molar-refractivity contribution is 1.59. The molecule has 0 aromatic heterocycles. The smallest absolute Gasteiger partial charge is 0.0622 e. The van der Waals surface area contributed by atoms with Gasteiger partial charge in [-0.05, 0) is 238 Å². The third-order valence-electron chi connectivity index (χ3n) is 25.4. The Morgan fingerprint density at radius 1 is 0.119 bits per heavy atom. The average Bonchev–Trinajstić information content (AvgIpc) is 1.50. The van der Waals surface area contributed by atoms with Crippen molar-refractivity contribution in [1.29, 1.82) is 0 Å². The third kappa shape index (κ3) is 12.6. The highest BCUT2D eigenvalue weighted by Gasteiger charge is 2.41. The van der Waals surface area contributed by atoms with Crippen LogP contribution in [0.3, 0.4) is 0 Å². The van der Waals surface area contributed by atoms with Crippen molar-refractivity contribution in [2.24, 2.45) is 0 Å². The maximum Gasteiger partial charge on any atom is 0.113 e. The second-order valence-corrected chi connectivity index (χ2v) is 41.5. The molecule has 2 aliphatic rings. The molecule has 20 aromatic rings. The van der Waals surface area contributed by atoms with Crippen LogP contribution < -0.4 is 20.7 Å². The van der Waals surface area contributed by atoms with Crippen molar-refractivity contribution < 1.29 is 0 Å². The molecular weight excluding hydrogens is 1450 g/mol. The number of fused-ring (bicyclic) bond motifs is 10. The van der Waals surface area contributed by atoms with E-state index >= 15 is 0 Å². The largest absolute Gasteiger partial charge is 0.113 e. The maximum absolute atomic E-state index is 2.60. The van der Waals surface area contributed by atoms with Gasteiger partial charge in [0, 0.05) is 0 Å². The summed E-state index contributed by atoms with van der Waals surface area (Å²) in [4.78, 5) is 0. The van der Waals surface area contributed by atoms with E-state index in [4.69, 9.17) is 0 Å².